The first kappa shape index (κ1) is 20.9. The van der Waals surface area contributed by atoms with Crippen LogP contribution in [0.15, 0.2) is 24.5 Å². The SMILES string of the molecule is CCN[C@H](C)CNC(=O)c1cnn(-c2ccc(C(F)(F)F)cn2)c1C(C)C. The second kappa shape index (κ2) is 8.51. The molecular formula is C18H24F3N5O. The van der Waals surface area contributed by atoms with Crippen molar-refractivity contribution < 1.29 is 18.0 Å². The Morgan fingerprint density at radius 3 is 2.44 bits per heavy atom. The van der Waals surface area contributed by atoms with E-state index >= 15 is 0 Å². The van der Waals surface area contributed by atoms with Crippen LogP contribution in [0.3, 0.4) is 0 Å². The molecule has 1 amide bonds. The number of aromatic nitrogens is 3. The first-order chi connectivity index (χ1) is 12.6. The fourth-order valence-electron chi connectivity index (χ4n) is 2.71. The fourth-order valence-corrected chi connectivity index (χ4v) is 2.71. The van der Waals surface area contributed by atoms with Gasteiger partial charge in [-0.05, 0) is 31.5 Å². The number of nitrogens with zero attached hydrogens (tertiary/aromatic N) is 3. The van der Waals surface area contributed by atoms with Crippen LogP contribution in [0.2, 0.25) is 0 Å². The van der Waals surface area contributed by atoms with E-state index in [2.05, 4.69) is 20.7 Å². The molecule has 0 aliphatic heterocycles. The maximum absolute atomic E-state index is 12.7. The maximum Gasteiger partial charge on any atom is 0.417 e. The van der Waals surface area contributed by atoms with Gasteiger partial charge in [-0.25, -0.2) is 9.67 Å². The van der Waals surface area contributed by atoms with Crippen molar-refractivity contribution in [3.05, 3.63) is 41.3 Å². The highest BCUT2D eigenvalue weighted by Crippen LogP contribution is 2.29. The molecular weight excluding hydrogens is 359 g/mol. The zero-order chi connectivity index (χ0) is 20.2. The molecule has 2 rings (SSSR count). The molecule has 1 atom stereocenters. The summed E-state index contributed by atoms with van der Waals surface area (Å²) < 4.78 is 39.6. The van der Waals surface area contributed by atoms with Crippen molar-refractivity contribution in [2.75, 3.05) is 13.1 Å². The Kier molecular flexibility index (Phi) is 6.59. The van der Waals surface area contributed by atoms with Gasteiger partial charge in [-0.3, -0.25) is 4.79 Å². The third-order valence-corrected chi connectivity index (χ3v) is 4.01. The second-order valence-corrected chi connectivity index (χ2v) is 6.58. The van der Waals surface area contributed by atoms with E-state index in [1.54, 1.807) is 0 Å². The zero-order valence-electron chi connectivity index (χ0n) is 15.8. The quantitative estimate of drug-likeness (QED) is 0.771. The molecule has 9 heteroatoms. The molecule has 6 nitrogen and oxygen atoms in total. The van der Waals surface area contributed by atoms with Gasteiger partial charge in [0.15, 0.2) is 5.82 Å². The van der Waals surface area contributed by atoms with E-state index in [1.165, 1.54) is 16.9 Å². The lowest BCUT2D eigenvalue weighted by Gasteiger charge is -2.15. The number of alkyl halides is 3. The molecule has 148 valence electrons. The Hall–Kier alpha value is -2.42. The molecule has 0 bridgehead atoms. The predicted molar refractivity (Wildman–Crippen MR) is 95.9 cm³/mol. The van der Waals surface area contributed by atoms with Crippen LogP contribution >= 0.6 is 0 Å². The highest BCUT2D eigenvalue weighted by atomic mass is 19.4. The molecule has 2 heterocycles. The lowest BCUT2D eigenvalue weighted by Crippen LogP contribution is -2.39. The van der Waals surface area contributed by atoms with E-state index in [4.69, 9.17) is 0 Å². The van der Waals surface area contributed by atoms with Gasteiger partial charge >= 0.3 is 6.18 Å². The van der Waals surface area contributed by atoms with Crippen LogP contribution in [0, 0.1) is 0 Å². The summed E-state index contributed by atoms with van der Waals surface area (Å²) in [5, 5.41) is 10.2. The summed E-state index contributed by atoms with van der Waals surface area (Å²) >= 11 is 0. The van der Waals surface area contributed by atoms with E-state index in [0.717, 1.165) is 18.8 Å². The molecule has 2 aromatic rings. The highest BCUT2D eigenvalue weighted by molar-refractivity contribution is 5.95. The molecule has 0 saturated heterocycles. The van der Waals surface area contributed by atoms with Gasteiger partial charge in [-0.2, -0.15) is 18.3 Å². The largest absolute Gasteiger partial charge is 0.417 e. The number of nitrogens with one attached hydrogen (secondary N) is 2. The van der Waals surface area contributed by atoms with Crippen LogP contribution in [0.25, 0.3) is 5.82 Å². The summed E-state index contributed by atoms with van der Waals surface area (Å²) in [7, 11) is 0. The van der Waals surface area contributed by atoms with Gasteiger partial charge < -0.3 is 10.6 Å². The minimum absolute atomic E-state index is 0.0801. The maximum atomic E-state index is 12.7. The first-order valence-electron chi connectivity index (χ1n) is 8.78. The van der Waals surface area contributed by atoms with Gasteiger partial charge in [0, 0.05) is 18.8 Å². The number of hydrogen-bond donors (Lipinski definition) is 2. The van der Waals surface area contributed by atoms with Gasteiger partial charge in [0.1, 0.15) is 0 Å². The smallest absolute Gasteiger partial charge is 0.350 e. The van der Waals surface area contributed by atoms with E-state index in [-0.39, 0.29) is 23.7 Å². The van der Waals surface area contributed by atoms with Crippen LogP contribution < -0.4 is 10.6 Å². The van der Waals surface area contributed by atoms with Crippen LogP contribution in [-0.2, 0) is 6.18 Å². The normalized spacial score (nSPS) is 13.0. The lowest BCUT2D eigenvalue weighted by atomic mass is 10.1. The van der Waals surface area contributed by atoms with Crippen LogP contribution in [0.5, 0.6) is 0 Å². The molecule has 0 unspecified atom stereocenters. The van der Waals surface area contributed by atoms with Gasteiger partial charge in [-0.1, -0.05) is 20.8 Å². The number of carbonyl (C=O) groups excluding carboxylic acids is 1. The summed E-state index contributed by atoms with van der Waals surface area (Å²) in [6.45, 7) is 8.96. The van der Waals surface area contributed by atoms with E-state index in [1.807, 2.05) is 27.7 Å². The number of rotatable bonds is 7. The van der Waals surface area contributed by atoms with Crippen molar-refractivity contribution in [1.82, 2.24) is 25.4 Å². The third-order valence-electron chi connectivity index (χ3n) is 4.01. The summed E-state index contributed by atoms with van der Waals surface area (Å²) in [5.41, 5.74) is 0.145. The van der Waals surface area contributed by atoms with Crippen molar-refractivity contribution in [3.63, 3.8) is 0 Å². The molecule has 0 spiro atoms. The molecule has 0 aromatic carbocycles. The molecule has 2 aromatic heterocycles. The van der Waals surface area contributed by atoms with Crippen molar-refractivity contribution >= 4 is 5.91 Å². The highest BCUT2D eigenvalue weighted by Gasteiger charge is 2.31. The summed E-state index contributed by atoms with van der Waals surface area (Å²) in [6.07, 6.45) is -2.27. The minimum Gasteiger partial charge on any atom is -0.350 e. The van der Waals surface area contributed by atoms with Crippen molar-refractivity contribution in [1.29, 1.82) is 0 Å². The Morgan fingerprint density at radius 2 is 1.93 bits per heavy atom. The van der Waals surface area contributed by atoms with Crippen molar-refractivity contribution in [2.24, 2.45) is 0 Å². The molecule has 0 aliphatic carbocycles. The van der Waals surface area contributed by atoms with Crippen LogP contribution in [0.1, 0.15) is 55.2 Å². The molecule has 0 radical (unpaired) electrons. The number of amides is 1. The van der Waals surface area contributed by atoms with E-state index < -0.39 is 11.7 Å². The van der Waals surface area contributed by atoms with Gasteiger partial charge in [-0.15, -0.1) is 0 Å². The molecule has 2 N–H and O–H groups in total. The van der Waals surface area contributed by atoms with E-state index in [0.29, 0.717) is 17.8 Å². The van der Waals surface area contributed by atoms with Crippen molar-refractivity contribution in [2.45, 2.75) is 45.8 Å². The Balaban J connectivity index is 2.28. The number of pyridine rings is 1. The topological polar surface area (TPSA) is 71.8 Å². The lowest BCUT2D eigenvalue weighted by molar-refractivity contribution is -0.137. The molecule has 27 heavy (non-hydrogen) atoms. The van der Waals surface area contributed by atoms with Gasteiger partial charge in [0.2, 0.25) is 0 Å². The first-order valence-corrected chi connectivity index (χ1v) is 8.78. The Morgan fingerprint density at radius 1 is 1.22 bits per heavy atom. The number of hydrogen-bond acceptors (Lipinski definition) is 4. The summed E-state index contributed by atoms with van der Waals surface area (Å²) in [4.78, 5) is 16.4. The predicted octanol–water partition coefficient (Wildman–Crippen LogP) is 3.14. The summed E-state index contributed by atoms with van der Waals surface area (Å²) in [6, 6.07) is 2.32. The Bertz CT molecular complexity index is 768. The zero-order valence-corrected chi connectivity index (χ0v) is 15.8. The molecule has 0 saturated carbocycles. The number of likely N-dealkylation sites (N-methyl/N-ethyl adjacent to an activating group) is 1. The van der Waals surface area contributed by atoms with E-state index in [9.17, 15) is 18.0 Å². The van der Waals surface area contributed by atoms with Crippen LogP contribution in [-0.4, -0.2) is 39.8 Å². The third kappa shape index (κ3) is 5.06. The average molecular weight is 383 g/mol. The Labute approximate surface area is 156 Å². The minimum atomic E-state index is -4.45. The van der Waals surface area contributed by atoms with Gasteiger partial charge in [0.25, 0.3) is 5.91 Å². The average Bonchev–Trinajstić information content (AvgIpc) is 3.04. The second-order valence-electron chi connectivity index (χ2n) is 6.58. The van der Waals surface area contributed by atoms with Crippen molar-refractivity contribution in [3.8, 4) is 5.82 Å². The number of carbonyl (C=O) groups is 1. The molecule has 0 fully saturated rings. The monoisotopic (exact) mass is 383 g/mol. The number of halogens is 3. The summed E-state index contributed by atoms with van der Waals surface area (Å²) in [5.74, 6) is -0.128. The standard InChI is InChI=1S/C18H24F3N5O/c1-5-22-12(4)8-24-17(27)14-10-25-26(16(14)11(2)3)15-7-6-13(9-23-15)18(19,20)21/h6-7,9-12,22H,5,8H2,1-4H3,(H,24,27)/t12-/m1/s1. The molecule has 0 aliphatic rings. The van der Waals surface area contributed by atoms with Crippen LogP contribution in [0.4, 0.5) is 13.2 Å². The fraction of sp³-hybridized carbons (Fsp3) is 0.500. The van der Waals surface area contributed by atoms with Gasteiger partial charge in [0.05, 0.1) is 23.0 Å².